The first-order valence-corrected chi connectivity index (χ1v) is 11.8. The van der Waals surface area contributed by atoms with Crippen molar-refractivity contribution in [2.24, 2.45) is 4.99 Å². The molecule has 0 radical (unpaired) electrons. The summed E-state index contributed by atoms with van der Waals surface area (Å²) in [6.45, 7) is 2.73. The van der Waals surface area contributed by atoms with Crippen LogP contribution in [0.1, 0.15) is 13.3 Å². The van der Waals surface area contributed by atoms with Crippen molar-refractivity contribution < 1.29 is 13.2 Å². The second kappa shape index (κ2) is 8.26. The van der Waals surface area contributed by atoms with E-state index >= 15 is 0 Å². The van der Waals surface area contributed by atoms with Crippen molar-refractivity contribution in [2.45, 2.75) is 24.8 Å². The first-order chi connectivity index (χ1) is 12.8. The van der Waals surface area contributed by atoms with Crippen molar-refractivity contribution in [3.05, 3.63) is 56.8 Å². The van der Waals surface area contributed by atoms with Crippen LogP contribution in [0.5, 0.6) is 0 Å². The molecule has 3 aromatic rings. The van der Waals surface area contributed by atoms with Gasteiger partial charge in [-0.05, 0) is 48.9 Å². The number of carbonyl (C=O) groups excluding carboxylic acids is 1. The van der Waals surface area contributed by atoms with Crippen LogP contribution in [-0.4, -0.2) is 24.6 Å². The van der Waals surface area contributed by atoms with Gasteiger partial charge < -0.3 is 4.57 Å². The highest BCUT2D eigenvalue weighted by Crippen LogP contribution is 2.22. The minimum absolute atomic E-state index is 0.0529. The highest BCUT2D eigenvalue weighted by atomic mass is 79.9. The maximum atomic E-state index is 12.4. The van der Waals surface area contributed by atoms with E-state index < -0.39 is 21.5 Å². The van der Waals surface area contributed by atoms with Crippen LogP contribution in [0.3, 0.4) is 0 Å². The van der Waals surface area contributed by atoms with Gasteiger partial charge >= 0.3 is 0 Å². The van der Waals surface area contributed by atoms with Gasteiger partial charge in [-0.3, -0.25) is 4.79 Å². The van der Waals surface area contributed by atoms with Crippen molar-refractivity contribution in [3.63, 3.8) is 0 Å². The summed E-state index contributed by atoms with van der Waals surface area (Å²) in [5.41, 5.74) is 0.970. The van der Waals surface area contributed by atoms with E-state index in [2.05, 4.69) is 20.9 Å². The molecule has 0 atom stereocenters. The van der Waals surface area contributed by atoms with E-state index in [1.54, 1.807) is 0 Å². The Morgan fingerprint density at radius 3 is 2.59 bits per heavy atom. The van der Waals surface area contributed by atoms with Gasteiger partial charge in [-0.25, -0.2) is 8.42 Å². The molecule has 0 unspecified atom stereocenters. The van der Waals surface area contributed by atoms with Crippen molar-refractivity contribution in [2.75, 3.05) is 5.75 Å². The third-order valence-electron chi connectivity index (χ3n) is 3.80. The first kappa shape index (κ1) is 20.3. The van der Waals surface area contributed by atoms with Crippen LogP contribution in [0.15, 0.2) is 56.8 Å². The van der Waals surface area contributed by atoms with Crippen LogP contribution in [0.25, 0.3) is 10.2 Å². The van der Waals surface area contributed by atoms with Gasteiger partial charge in [0.2, 0.25) is 0 Å². The molecule has 1 amide bonds. The minimum Gasteiger partial charge on any atom is -0.316 e. The number of sulfone groups is 1. The molecule has 0 N–H and O–H groups in total. The number of halogens is 2. The molecule has 0 aliphatic carbocycles. The third kappa shape index (κ3) is 4.68. The number of rotatable bonds is 5. The molecule has 142 valence electrons. The Hall–Kier alpha value is -1.48. The molecule has 1 aromatic heterocycles. The molecule has 5 nitrogen and oxygen atoms in total. The summed E-state index contributed by atoms with van der Waals surface area (Å²) < 4.78 is 28.7. The Kier molecular flexibility index (Phi) is 6.20. The Morgan fingerprint density at radius 2 is 1.93 bits per heavy atom. The number of fused-ring (bicyclic) bond motifs is 1. The SMILES string of the molecule is CCCn1c(=NC(=O)CS(=O)(=O)c2ccc(Cl)cc2)sc2cc(Br)ccc21. The number of thiazole rings is 1. The van der Waals surface area contributed by atoms with Gasteiger partial charge in [0.05, 0.1) is 15.1 Å². The van der Waals surface area contributed by atoms with E-state index in [4.69, 9.17) is 11.6 Å². The van der Waals surface area contributed by atoms with E-state index in [1.165, 1.54) is 35.6 Å². The number of carbonyl (C=O) groups is 1. The zero-order valence-electron chi connectivity index (χ0n) is 14.4. The quantitative estimate of drug-likeness (QED) is 0.534. The fourth-order valence-electron chi connectivity index (χ4n) is 2.60. The molecule has 0 aliphatic rings. The summed E-state index contributed by atoms with van der Waals surface area (Å²) in [5.74, 6) is -1.38. The number of benzene rings is 2. The minimum atomic E-state index is -3.77. The molecular weight excluding hydrogens is 472 g/mol. The first-order valence-electron chi connectivity index (χ1n) is 8.15. The fraction of sp³-hybridized carbons (Fsp3) is 0.222. The fourth-order valence-corrected chi connectivity index (χ4v) is 5.46. The number of hydrogen-bond donors (Lipinski definition) is 0. The lowest BCUT2D eigenvalue weighted by molar-refractivity contribution is -0.115. The Morgan fingerprint density at radius 1 is 1.22 bits per heavy atom. The second-order valence-electron chi connectivity index (χ2n) is 5.87. The lowest BCUT2D eigenvalue weighted by atomic mass is 10.3. The molecule has 0 aliphatic heterocycles. The van der Waals surface area contributed by atoms with Crippen LogP contribution in [0, 0.1) is 0 Å². The molecule has 0 spiro atoms. The predicted molar refractivity (Wildman–Crippen MR) is 112 cm³/mol. The van der Waals surface area contributed by atoms with Crippen molar-refractivity contribution in [1.29, 1.82) is 0 Å². The molecule has 0 fully saturated rings. The highest BCUT2D eigenvalue weighted by molar-refractivity contribution is 9.10. The zero-order valence-corrected chi connectivity index (χ0v) is 18.3. The highest BCUT2D eigenvalue weighted by Gasteiger charge is 2.19. The maximum absolute atomic E-state index is 12.4. The molecule has 9 heteroatoms. The third-order valence-corrected chi connectivity index (χ3v) is 7.20. The monoisotopic (exact) mass is 486 g/mol. The lowest BCUT2D eigenvalue weighted by Gasteiger charge is -2.03. The molecule has 1 heterocycles. The molecule has 0 bridgehead atoms. The molecule has 2 aromatic carbocycles. The van der Waals surface area contributed by atoms with Crippen LogP contribution < -0.4 is 4.80 Å². The average Bonchev–Trinajstić information content (AvgIpc) is 2.91. The van der Waals surface area contributed by atoms with Gasteiger partial charge in [-0.1, -0.05) is 45.8 Å². The second-order valence-corrected chi connectivity index (χ2v) is 10.2. The van der Waals surface area contributed by atoms with E-state index in [1.807, 2.05) is 29.7 Å². The molecular formula is C18H16BrClN2O3S2. The van der Waals surface area contributed by atoms with Crippen LogP contribution in [-0.2, 0) is 21.2 Å². The largest absolute Gasteiger partial charge is 0.316 e. The van der Waals surface area contributed by atoms with Gasteiger partial charge in [0.1, 0.15) is 5.75 Å². The molecule has 0 saturated heterocycles. The van der Waals surface area contributed by atoms with Crippen LogP contribution in [0.2, 0.25) is 5.02 Å². The normalized spacial score (nSPS) is 12.6. The van der Waals surface area contributed by atoms with E-state index in [0.29, 0.717) is 16.4 Å². The number of amides is 1. The Bertz CT molecular complexity index is 1170. The van der Waals surface area contributed by atoms with Crippen molar-refractivity contribution in [1.82, 2.24) is 4.57 Å². The number of hydrogen-bond acceptors (Lipinski definition) is 4. The zero-order chi connectivity index (χ0) is 19.6. The van der Waals surface area contributed by atoms with Gasteiger partial charge in [0.15, 0.2) is 14.6 Å². The average molecular weight is 488 g/mol. The van der Waals surface area contributed by atoms with Gasteiger partial charge in [-0.2, -0.15) is 4.99 Å². The van der Waals surface area contributed by atoms with E-state index in [0.717, 1.165) is 21.1 Å². The van der Waals surface area contributed by atoms with E-state index in [9.17, 15) is 13.2 Å². The maximum Gasteiger partial charge on any atom is 0.263 e. The molecule has 3 rings (SSSR count). The lowest BCUT2D eigenvalue weighted by Crippen LogP contribution is -2.21. The van der Waals surface area contributed by atoms with Gasteiger partial charge in [-0.15, -0.1) is 0 Å². The summed E-state index contributed by atoms with van der Waals surface area (Å²) in [6, 6.07) is 11.6. The smallest absolute Gasteiger partial charge is 0.263 e. The number of aryl methyl sites for hydroxylation is 1. The summed E-state index contributed by atoms with van der Waals surface area (Å²) in [6.07, 6.45) is 0.867. The van der Waals surface area contributed by atoms with Gasteiger partial charge in [0, 0.05) is 16.0 Å². The molecule has 0 saturated carbocycles. The standard InChI is InChI=1S/C18H16BrClN2O3S2/c1-2-9-22-15-8-3-12(19)10-16(15)26-18(22)21-17(23)11-27(24,25)14-6-4-13(20)5-7-14/h3-8,10H,2,9,11H2,1H3. The molecule has 27 heavy (non-hydrogen) atoms. The van der Waals surface area contributed by atoms with Gasteiger partial charge in [0.25, 0.3) is 5.91 Å². The topological polar surface area (TPSA) is 68.5 Å². The predicted octanol–water partition coefficient (Wildman–Crippen LogP) is 4.43. The van der Waals surface area contributed by atoms with Crippen LogP contribution >= 0.6 is 38.9 Å². The van der Waals surface area contributed by atoms with Crippen molar-refractivity contribution >= 4 is 64.8 Å². The summed E-state index contributed by atoms with van der Waals surface area (Å²) in [5, 5.41) is 0.432. The van der Waals surface area contributed by atoms with E-state index in [-0.39, 0.29) is 4.90 Å². The van der Waals surface area contributed by atoms with Crippen LogP contribution in [0.4, 0.5) is 0 Å². The number of aromatic nitrogens is 1. The summed E-state index contributed by atoms with van der Waals surface area (Å²) in [4.78, 5) is 17.0. The Labute approximate surface area is 174 Å². The summed E-state index contributed by atoms with van der Waals surface area (Å²) in [7, 11) is -3.77. The number of nitrogens with zero attached hydrogens (tertiary/aromatic N) is 2. The summed E-state index contributed by atoms with van der Waals surface area (Å²) >= 11 is 10.6. The Balaban J connectivity index is 1.97. The van der Waals surface area contributed by atoms with Crippen molar-refractivity contribution in [3.8, 4) is 0 Å².